The molecule has 6 heteroatoms. The predicted octanol–water partition coefficient (Wildman–Crippen LogP) is -1.69. The van der Waals surface area contributed by atoms with Crippen molar-refractivity contribution in [2.75, 3.05) is 0 Å². The van der Waals surface area contributed by atoms with Crippen molar-refractivity contribution in [3.05, 3.63) is 0 Å². The molecule has 0 aromatic rings. The van der Waals surface area contributed by atoms with Crippen LogP contribution in [0.3, 0.4) is 0 Å². The maximum Gasteiger partial charge on any atom is 0.0832 e. The average Bonchev–Trinajstić information content (AvgIpc) is 0.918. The molecule has 4 N–H and O–H groups in total. The Kier molecular flexibility index (Phi) is 122. The topological polar surface area (TPSA) is 45.7 Å². The van der Waals surface area contributed by atoms with E-state index in [2.05, 4.69) is 27.6 Å². The second-order valence-electron chi connectivity index (χ2n) is 0.0583. The van der Waals surface area contributed by atoms with Crippen LogP contribution in [0.2, 0.25) is 0 Å². The summed E-state index contributed by atoms with van der Waals surface area (Å²) >= 11 is 8.53. The Labute approximate surface area is 74.7 Å². The number of hydrogen-bond donors (Lipinski definition) is 1. The molecule has 0 saturated heterocycles. The van der Waals surface area contributed by atoms with Gasteiger partial charge < -0.3 is 23.1 Å². The fraction of sp³-hybridized carbons (Fsp3) is 0. The molecule has 3 radical (unpaired) electrons. The summed E-state index contributed by atoms with van der Waals surface area (Å²) in [6, 6.07) is 0. The first-order chi connectivity index (χ1) is 1.41. The van der Waals surface area contributed by atoms with Crippen molar-refractivity contribution in [3.8, 4) is 0 Å². The number of quaternary nitrogens is 1. The molecular formula is H4BrCl2NOSb. The Morgan fingerprint density at radius 3 is 1.17 bits per heavy atom. The van der Waals surface area contributed by atoms with E-state index >= 15 is 0 Å². The summed E-state index contributed by atoms with van der Waals surface area (Å²) in [5.74, 6) is 0. The van der Waals surface area contributed by atoms with Crippen molar-refractivity contribution >= 4 is 48.2 Å². The second kappa shape index (κ2) is 29.2. The molecule has 0 saturated carbocycles. The molecule has 0 aromatic carbocycles. The smallest absolute Gasteiger partial charge is 0.0832 e. The first kappa shape index (κ1) is 25.0. The minimum absolute atomic E-state index is 0. The quantitative estimate of drug-likeness (QED) is 0.534. The molecule has 0 heterocycles. The van der Waals surface area contributed by atoms with Gasteiger partial charge in [-0.15, -0.1) is 0 Å². The average molecular weight is 307 g/mol. The van der Waals surface area contributed by atoms with Gasteiger partial charge in [-0.05, 0) is 0 Å². The van der Waals surface area contributed by atoms with Gasteiger partial charge in [-0.2, -0.15) is 3.84 Å². The molecule has 41 valence electrons. The van der Waals surface area contributed by atoms with Crippen LogP contribution in [0.1, 0.15) is 0 Å². The summed E-state index contributed by atoms with van der Waals surface area (Å²) in [6.07, 6.45) is 0. The van der Waals surface area contributed by atoms with E-state index in [4.69, 9.17) is 0 Å². The van der Waals surface area contributed by atoms with E-state index in [1.54, 1.807) is 0 Å². The van der Waals surface area contributed by atoms with Crippen LogP contribution < -0.4 is 23.1 Å². The van der Waals surface area contributed by atoms with Gasteiger partial charge in [0.25, 0.3) is 0 Å². The third-order valence-corrected chi connectivity index (χ3v) is 0. The van der Waals surface area contributed by atoms with Gasteiger partial charge in [-0.25, -0.2) is 0 Å². The minimum Gasteiger partial charge on any atom is -1.00 e. The zero-order chi connectivity index (χ0) is 2.71. The van der Waals surface area contributed by atoms with Crippen molar-refractivity contribution in [2.24, 2.45) is 0 Å². The van der Waals surface area contributed by atoms with E-state index in [1.807, 2.05) is 0 Å². The number of rotatable bonds is 0. The first-order valence-corrected chi connectivity index (χ1v) is 0.926. The largest absolute Gasteiger partial charge is 1.00 e. The molecule has 0 aliphatic rings. The molecule has 0 amide bonds. The van der Waals surface area contributed by atoms with Crippen LogP contribution in [0.15, 0.2) is 0 Å². The normalized spacial score (nSPS) is 3.00. The SMILES string of the molecule is ClOCl.[Br-].[NH4+].[Sb]. The van der Waals surface area contributed by atoms with Crippen LogP contribution in [0, 0.1) is 0 Å². The fourth-order valence-electron chi connectivity index (χ4n) is 0. The van der Waals surface area contributed by atoms with Crippen LogP contribution >= 0.6 is 23.7 Å². The molecule has 0 fully saturated rings. The van der Waals surface area contributed by atoms with Gasteiger partial charge in [0, 0.05) is 24.4 Å². The van der Waals surface area contributed by atoms with Crippen LogP contribution in [-0.4, -0.2) is 24.4 Å². The molecule has 2 nitrogen and oxygen atoms in total. The predicted molar refractivity (Wildman–Crippen MR) is 24.5 cm³/mol. The summed E-state index contributed by atoms with van der Waals surface area (Å²) in [5, 5.41) is 0. The fourth-order valence-corrected chi connectivity index (χ4v) is 0. The summed E-state index contributed by atoms with van der Waals surface area (Å²) in [6.45, 7) is 0. The molecular weight excluding hydrogens is 303 g/mol. The van der Waals surface area contributed by atoms with Gasteiger partial charge >= 0.3 is 0 Å². The molecule has 0 atom stereocenters. The van der Waals surface area contributed by atoms with E-state index < -0.39 is 0 Å². The van der Waals surface area contributed by atoms with Gasteiger partial charge in [0.05, 0.1) is 23.7 Å². The third-order valence-electron chi connectivity index (χ3n) is 0. The summed E-state index contributed by atoms with van der Waals surface area (Å²) in [4.78, 5) is 0. The first-order valence-electron chi connectivity index (χ1n) is 0.309. The van der Waals surface area contributed by atoms with Crippen LogP contribution in [0.4, 0.5) is 0 Å². The van der Waals surface area contributed by atoms with Gasteiger partial charge in [0.2, 0.25) is 0 Å². The Morgan fingerprint density at radius 2 is 1.17 bits per heavy atom. The van der Waals surface area contributed by atoms with E-state index in [0.717, 1.165) is 0 Å². The third kappa shape index (κ3) is 41.3. The maximum atomic E-state index is 4.26. The monoisotopic (exact) mass is 304 g/mol. The van der Waals surface area contributed by atoms with E-state index in [-0.39, 0.29) is 47.6 Å². The minimum atomic E-state index is 0. The van der Waals surface area contributed by atoms with Gasteiger partial charge in [-0.1, -0.05) is 0 Å². The summed E-state index contributed by atoms with van der Waals surface area (Å²) < 4.78 is 3.19. The maximum absolute atomic E-state index is 4.26. The summed E-state index contributed by atoms with van der Waals surface area (Å²) in [7, 11) is 0. The molecule has 0 unspecified atom stereocenters. The Morgan fingerprint density at radius 1 is 1.17 bits per heavy atom. The molecule has 0 aliphatic heterocycles. The second-order valence-corrected chi connectivity index (χ2v) is 0.525. The number of halogens is 3. The molecule has 0 rings (SSSR count). The standard InChI is InChI=1S/BrH.Cl2O.H3N.Sb/c;1-3-2;;/h1H;;1H3;. The zero-order valence-corrected chi connectivity index (χ0v) is 8.64. The van der Waals surface area contributed by atoms with Gasteiger partial charge in [0.1, 0.15) is 0 Å². The molecule has 0 aliphatic carbocycles. The van der Waals surface area contributed by atoms with Crippen molar-refractivity contribution in [1.29, 1.82) is 0 Å². The number of hydrogen-bond acceptors (Lipinski definition) is 1. The Balaban J connectivity index is -0.00000000667. The van der Waals surface area contributed by atoms with Crippen LogP contribution in [0.5, 0.6) is 0 Å². The molecule has 6 heavy (non-hydrogen) atoms. The van der Waals surface area contributed by atoms with E-state index in [0.29, 0.717) is 0 Å². The Bertz CT molecular complexity index is 13.5. The zero-order valence-electron chi connectivity index (χ0n) is 2.99. The summed E-state index contributed by atoms with van der Waals surface area (Å²) in [5.41, 5.74) is 0. The molecule has 0 aromatic heterocycles. The molecule has 0 bridgehead atoms. The van der Waals surface area contributed by atoms with E-state index in [1.165, 1.54) is 0 Å². The van der Waals surface area contributed by atoms with Crippen LogP contribution in [0.25, 0.3) is 0 Å². The molecule has 0 spiro atoms. The van der Waals surface area contributed by atoms with Crippen molar-refractivity contribution in [1.82, 2.24) is 6.15 Å². The van der Waals surface area contributed by atoms with Crippen molar-refractivity contribution in [2.45, 2.75) is 0 Å². The van der Waals surface area contributed by atoms with Gasteiger partial charge in [0.15, 0.2) is 0 Å². The Hall–Kier alpha value is 1.80. The van der Waals surface area contributed by atoms with Crippen molar-refractivity contribution < 1.29 is 20.8 Å². The van der Waals surface area contributed by atoms with Crippen LogP contribution in [-0.2, 0) is 3.84 Å². The van der Waals surface area contributed by atoms with Crippen molar-refractivity contribution in [3.63, 3.8) is 0 Å². The van der Waals surface area contributed by atoms with Gasteiger partial charge in [-0.3, -0.25) is 0 Å². The van der Waals surface area contributed by atoms with E-state index in [9.17, 15) is 0 Å².